The van der Waals surface area contributed by atoms with Crippen LogP contribution in [0.15, 0.2) is 35.9 Å². The zero-order chi connectivity index (χ0) is 19.7. The fraction of sp³-hybridized carbons (Fsp3) is 0.417. The van der Waals surface area contributed by atoms with Gasteiger partial charge in [0, 0.05) is 0 Å². The molecule has 0 nitrogen and oxygen atoms in total. The maximum absolute atomic E-state index is 6.66. The van der Waals surface area contributed by atoms with E-state index in [4.69, 9.17) is 17.0 Å². The van der Waals surface area contributed by atoms with Crippen LogP contribution in [0, 0.1) is 13.8 Å². The van der Waals surface area contributed by atoms with Crippen molar-refractivity contribution >= 4 is 23.1 Å². The van der Waals surface area contributed by atoms with Gasteiger partial charge in [0.15, 0.2) is 0 Å². The van der Waals surface area contributed by atoms with Gasteiger partial charge in [-0.05, 0) is 0 Å². The summed E-state index contributed by atoms with van der Waals surface area (Å²) >= 11 is -2.46. The van der Waals surface area contributed by atoms with Gasteiger partial charge in [0.1, 0.15) is 0 Å². The van der Waals surface area contributed by atoms with Crippen LogP contribution in [0.1, 0.15) is 77.4 Å². The number of hydrogen-bond acceptors (Lipinski definition) is 0. The Labute approximate surface area is 179 Å². The predicted molar refractivity (Wildman–Crippen MR) is 117 cm³/mol. The zero-order valence-corrected chi connectivity index (χ0v) is 21.0. The summed E-state index contributed by atoms with van der Waals surface area (Å²) in [5.74, 6) is 0.475. The molecule has 0 radical (unpaired) electrons. The maximum atomic E-state index is 6.66. The van der Waals surface area contributed by atoms with E-state index in [0.717, 1.165) is 6.42 Å². The van der Waals surface area contributed by atoms with Gasteiger partial charge in [-0.25, -0.2) is 0 Å². The van der Waals surface area contributed by atoms with E-state index in [-0.39, 0.29) is 0 Å². The Balaban J connectivity index is 2.26. The zero-order valence-electron chi connectivity index (χ0n) is 17.0. The molecule has 0 bridgehead atoms. The van der Waals surface area contributed by atoms with Crippen molar-refractivity contribution in [2.45, 2.75) is 63.4 Å². The molecule has 0 aliphatic heterocycles. The van der Waals surface area contributed by atoms with E-state index in [2.05, 4.69) is 71.0 Å². The summed E-state index contributed by atoms with van der Waals surface area (Å²) < 4.78 is 0.308. The van der Waals surface area contributed by atoms with Gasteiger partial charge in [-0.2, -0.15) is 0 Å². The third-order valence-electron chi connectivity index (χ3n) is 5.49. The molecule has 0 spiro atoms. The summed E-state index contributed by atoms with van der Waals surface area (Å²) in [4.78, 5) is 0. The molecule has 143 valence electrons. The Morgan fingerprint density at radius 2 is 1.70 bits per heavy atom. The van der Waals surface area contributed by atoms with Gasteiger partial charge in [-0.1, -0.05) is 0 Å². The molecule has 3 rings (SSSR count). The van der Waals surface area contributed by atoms with E-state index < -0.39 is 19.4 Å². The van der Waals surface area contributed by atoms with Crippen LogP contribution in [0.25, 0.3) is 17.2 Å². The fourth-order valence-corrected chi connectivity index (χ4v) is 9.80. The molecule has 0 N–H and O–H groups in total. The number of benzene rings is 2. The van der Waals surface area contributed by atoms with Crippen LogP contribution in [0.4, 0.5) is 0 Å². The molecule has 1 atom stereocenters. The number of rotatable bonds is 6. The van der Waals surface area contributed by atoms with Crippen molar-refractivity contribution in [1.29, 1.82) is 0 Å². The van der Waals surface area contributed by atoms with E-state index in [1.54, 1.807) is 0 Å². The normalized spacial score (nSPS) is 15.9. The molecular formula is C24H29Cl2Zr. The van der Waals surface area contributed by atoms with Crippen LogP contribution in [0.2, 0.25) is 0 Å². The molecule has 3 heteroatoms. The second-order valence-electron chi connectivity index (χ2n) is 8.11. The first kappa shape index (κ1) is 21.4. The Morgan fingerprint density at radius 3 is 2.26 bits per heavy atom. The van der Waals surface area contributed by atoms with Gasteiger partial charge < -0.3 is 0 Å². The Kier molecular flexibility index (Phi) is 7.10. The number of halogens is 2. The SMILES string of the molecule is CCCCC1=Cc2c(ccc(C(C)C)c2-c2cc(C)cc(C)c2)[CH]1[Zr]([Cl])[Cl]. The molecular weight excluding hydrogens is 450 g/mol. The molecule has 0 fully saturated rings. The molecule has 2 aromatic carbocycles. The van der Waals surface area contributed by atoms with Gasteiger partial charge in [0.25, 0.3) is 0 Å². The van der Waals surface area contributed by atoms with Crippen molar-refractivity contribution in [1.82, 2.24) is 0 Å². The molecule has 1 aliphatic rings. The van der Waals surface area contributed by atoms with E-state index in [1.807, 2.05) is 0 Å². The van der Waals surface area contributed by atoms with Crippen molar-refractivity contribution in [3.05, 3.63) is 63.7 Å². The van der Waals surface area contributed by atoms with Crippen LogP contribution in [-0.2, 0) is 19.4 Å². The minimum atomic E-state index is -2.46. The molecule has 0 saturated heterocycles. The number of fused-ring (bicyclic) bond motifs is 1. The number of hydrogen-bond donors (Lipinski definition) is 0. The molecule has 0 saturated carbocycles. The number of unbranched alkanes of at least 4 members (excludes halogenated alkanes) is 1. The topological polar surface area (TPSA) is 0 Å². The van der Waals surface area contributed by atoms with E-state index >= 15 is 0 Å². The molecule has 2 aromatic rings. The van der Waals surface area contributed by atoms with Crippen LogP contribution in [0.5, 0.6) is 0 Å². The summed E-state index contributed by atoms with van der Waals surface area (Å²) in [5.41, 5.74) is 11.0. The first-order valence-corrected chi connectivity index (χ1v) is 17.7. The molecule has 0 aromatic heterocycles. The van der Waals surface area contributed by atoms with Gasteiger partial charge in [-0.15, -0.1) is 0 Å². The van der Waals surface area contributed by atoms with E-state index in [1.165, 1.54) is 57.4 Å². The third kappa shape index (κ3) is 4.47. The van der Waals surface area contributed by atoms with Crippen LogP contribution >= 0.6 is 17.0 Å². The summed E-state index contributed by atoms with van der Waals surface area (Å²) in [6.45, 7) is 11.2. The average Bonchev–Trinajstić information content (AvgIpc) is 2.96. The minimum absolute atomic E-state index is 0.308. The summed E-state index contributed by atoms with van der Waals surface area (Å²) in [6.07, 6.45) is 5.95. The monoisotopic (exact) mass is 477 g/mol. The molecule has 1 unspecified atom stereocenters. The average molecular weight is 480 g/mol. The van der Waals surface area contributed by atoms with Gasteiger partial charge >= 0.3 is 181 Å². The van der Waals surface area contributed by atoms with Crippen molar-refractivity contribution < 1.29 is 19.4 Å². The van der Waals surface area contributed by atoms with E-state index in [0.29, 0.717) is 9.54 Å². The van der Waals surface area contributed by atoms with Crippen molar-refractivity contribution in [2.24, 2.45) is 0 Å². The Morgan fingerprint density at radius 1 is 1.04 bits per heavy atom. The Hall–Kier alpha value is -0.357. The summed E-state index contributed by atoms with van der Waals surface area (Å²) in [7, 11) is 13.3. The molecule has 0 amide bonds. The molecule has 0 heterocycles. The number of allylic oxidation sites excluding steroid dienone is 1. The summed E-state index contributed by atoms with van der Waals surface area (Å²) in [5, 5.41) is 0. The second-order valence-corrected chi connectivity index (χ2v) is 16.9. The van der Waals surface area contributed by atoms with Crippen LogP contribution in [0.3, 0.4) is 0 Å². The second kappa shape index (κ2) is 8.98. The number of aryl methyl sites for hydroxylation is 2. The van der Waals surface area contributed by atoms with Crippen molar-refractivity contribution in [3.63, 3.8) is 0 Å². The van der Waals surface area contributed by atoms with Crippen molar-refractivity contribution in [2.75, 3.05) is 0 Å². The molecule has 27 heavy (non-hydrogen) atoms. The predicted octanol–water partition coefficient (Wildman–Crippen LogP) is 8.65. The van der Waals surface area contributed by atoms with Crippen molar-refractivity contribution in [3.8, 4) is 11.1 Å². The first-order valence-electron chi connectivity index (χ1n) is 9.97. The van der Waals surface area contributed by atoms with Gasteiger partial charge in [0.2, 0.25) is 0 Å². The summed E-state index contributed by atoms with van der Waals surface area (Å²) in [6, 6.07) is 11.5. The van der Waals surface area contributed by atoms with Gasteiger partial charge in [0.05, 0.1) is 0 Å². The first-order chi connectivity index (χ1) is 12.8. The fourth-order valence-electron chi connectivity index (χ4n) is 4.31. The van der Waals surface area contributed by atoms with Crippen LogP contribution < -0.4 is 0 Å². The third-order valence-corrected chi connectivity index (χ3v) is 10.8. The Bertz CT molecular complexity index is 845. The van der Waals surface area contributed by atoms with E-state index in [9.17, 15) is 0 Å². The molecule has 1 aliphatic carbocycles. The quantitative estimate of drug-likeness (QED) is 0.389. The van der Waals surface area contributed by atoms with Crippen LogP contribution in [-0.4, -0.2) is 0 Å². The van der Waals surface area contributed by atoms with Gasteiger partial charge in [-0.3, -0.25) is 0 Å². The standard InChI is InChI=1S/C24H29.2ClH.Zr/c1-6-7-8-19-14-20-9-10-22(16(2)3)24(23(20)15-19)21-12-17(4)11-18(5)13-21;;;/h9-16H,6-8H2,1-5H3;2*1H;/q;;;+2/p-2.